The van der Waals surface area contributed by atoms with Gasteiger partial charge in [-0.2, -0.15) is 0 Å². The molecule has 4 nitrogen and oxygen atoms in total. The Morgan fingerprint density at radius 3 is 2.09 bits per heavy atom. The third-order valence-electron chi connectivity index (χ3n) is 6.08. The zero-order valence-corrected chi connectivity index (χ0v) is 26.1. The van der Waals surface area contributed by atoms with Crippen LogP contribution in [0.1, 0.15) is 39.7 Å². The van der Waals surface area contributed by atoms with Gasteiger partial charge in [0.2, 0.25) is 0 Å². The second kappa shape index (κ2) is 8.54. The summed E-state index contributed by atoms with van der Waals surface area (Å²) in [4.78, 5) is 0. The summed E-state index contributed by atoms with van der Waals surface area (Å²) in [6.45, 7) is 3.95. The van der Waals surface area contributed by atoms with Crippen molar-refractivity contribution in [2.24, 2.45) is 0 Å². The lowest BCUT2D eigenvalue weighted by Crippen LogP contribution is -2.34. The minimum absolute atomic E-state index is 0.0406. The van der Waals surface area contributed by atoms with Gasteiger partial charge in [0.05, 0.1) is 27.2 Å². The Kier molecular flexibility index (Phi) is 6.52. The SMILES string of the molecule is Cc1c(I)cc2c(c1C)Oc1c(cc(I)c(O)c1I)C21OC(O)c2c(Cl)c(Cl)c(Cl)c(Cl)c21. The summed E-state index contributed by atoms with van der Waals surface area (Å²) in [6.07, 6.45) is -1.43. The summed E-state index contributed by atoms with van der Waals surface area (Å²) < 4.78 is 14.8. The van der Waals surface area contributed by atoms with Crippen LogP contribution in [0, 0.1) is 24.6 Å². The van der Waals surface area contributed by atoms with Crippen LogP contribution < -0.4 is 4.74 Å². The number of aromatic hydroxyl groups is 1. The predicted octanol–water partition coefficient (Wildman–Crippen LogP) is 8.86. The minimum Gasteiger partial charge on any atom is -0.506 e. The number of benzene rings is 3. The highest BCUT2D eigenvalue weighted by Gasteiger charge is 2.56. The number of fused-ring (bicyclic) bond motifs is 6. The molecular weight excluding hydrogens is 851 g/mol. The van der Waals surface area contributed by atoms with Gasteiger partial charge in [-0.05, 0) is 105 Å². The van der Waals surface area contributed by atoms with Gasteiger partial charge < -0.3 is 19.7 Å². The molecule has 0 aliphatic carbocycles. The fourth-order valence-corrected chi connectivity index (χ4v) is 7.95. The van der Waals surface area contributed by atoms with Crippen LogP contribution in [-0.2, 0) is 10.3 Å². The molecule has 3 aromatic rings. The van der Waals surface area contributed by atoms with Crippen molar-refractivity contribution < 1.29 is 19.7 Å². The molecule has 1 spiro atoms. The summed E-state index contributed by atoms with van der Waals surface area (Å²) in [5.41, 5.74) is 2.39. The third kappa shape index (κ3) is 3.32. The fourth-order valence-electron chi connectivity index (χ4n) is 4.35. The number of aliphatic hydroxyl groups is 1. The Labute approximate surface area is 250 Å². The molecule has 2 aliphatic heterocycles. The van der Waals surface area contributed by atoms with Crippen molar-refractivity contribution >= 4 is 114 Å². The molecule has 0 aromatic heterocycles. The second-order valence-corrected chi connectivity index (χ2v) is 12.6. The quantitative estimate of drug-likeness (QED) is 0.135. The van der Waals surface area contributed by atoms with E-state index < -0.39 is 11.9 Å². The highest BCUT2D eigenvalue weighted by atomic mass is 127. The van der Waals surface area contributed by atoms with Crippen molar-refractivity contribution in [3.05, 3.63) is 76.3 Å². The Morgan fingerprint density at radius 2 is 1.42 bits per heavy atom. The molecule has 0 radical (unpaired) electrons. The first kappa shape index (κ1) is 25.2. The summed E-state index contributed by atoms with van der Waals surface area (Å²) in [7, 11) is 0. The van der Waals surface area contributed by atoms with Gasteiger partial charge in [-0.3, -0.25) is 0 Å². The van der Waals surface area contributed by atoms with Crippen LogP contribution >= 0.6 is 114 Å². The van der Waals surface area contributed by atoms with Crippen LogP contribution in [0.2, 0.25) is 20.1 Å². The number of halogens is 7. The number of rotatable bonds is 0. The number of phenolic OH excluding ortho intramolecular Hbond substituents is 1. The number of phenols is 1. The fraction of sp³-hybridized carbons (Fsp3) is 0.182. The van der Waals surface area contributed by atoms with Crippen LogP contribution in [0.15, 0.2) is 12.1 Å². The zero-order valence-electron chi connectivity index (χ0n) is 16.6. The van der Waals surface area contributed by atoms with Crippen molar-refractivity contribution in [2.45, 2.75) is 25.7 Å². The van der Waals surface area contributed by atoms with E-state index in [1.54, 1.807) is 6.07 Å². The molecule has 172 valence electrons. The van der Waals surface area contributed by atoms with Crippen LogP contribution in [0.5, 0.6) is 17.2 Å². The summed E-state index contributed by atoms with van der Waals surface area (Å²) in [6, 6.07) is 3.70. The monoisotopic (exact) mass is 860 g/mol. The van der Waals surface area contributed by atoms with Gasteiger partial charge in [0, 0.05) is 25.8 Å². The lowest BCUT2D eigenvalue weighted by Gasteiger charge is -2.39. The maximum absolute atomic E-state index is 11.1. The molecule has 2 unspecified atom stereocenters. The summed E-state index contributed by atoms with van der Waals surface area (Å²) in [5.74, 6) is 1.05. The van der Waals surface area contributed by atoms with Gasteiger partial charge >= 0.3 is 0 Å². The molecule has 33 heavy (non-hydrogen) atoms. The molecule has 3 aromatic carbocycles. The third-order valence-corrected chi connectivity index (χ3v) is 10.8. The topological polar surface area (TPSA) is 58.9 Å². The number of hydrogen-bond donors (Lipinski definition) is 2. The van der Waals surface area contributed by atoms with Crippen molar-refractivity contribution in [1.82, 2.24) is 0 Å². The maximum atomic E-state index is 11.1. The number of hydrogen-bond acceptors (Lipinski definition) is 4. The molecule has 2 atom stereocenters. The molecule has 0 fully saturated rings. The van der Waals surface area contributed by atoms with E-state index in [9.17, 15) is 10.2 Å². The molecular formula is C22H11Cl4I3O4. The maximum Gasteiger partial charge on any atom is 0.185 e. The van der Waals surface area contributed by atoms with Crippen LogP contribution in [0.3, 0.4) is 0 Å². The van der Waals surface area contributed by atoms with Crippen LogP contribution in [0.4, 0.5) is 0 Å². The first-order valence-corrected chi connectivity index (χ1v) is 14.1. The molecule has 0 bridgehead atoms. The van der Waals surface area contributed by atoms with E-state index in [-0.39, 0.29) is 31.4 Å². The average Bonchev–Trinajstić information content (AvgIpc) is 3.08. The highest BCUT2D eigenvalue weighted by molar-refractivity contribution is 14.1. The van der Waals surface area contributed by atoms with Gasteiger partial charge in [0.25, 0.3) is 0 Å². The van der Waals surface area contributed by atoms with Crippen LogP contribution in [0.25, 0.3) is 0 Å². The van der Waals surface area contributed by atoms with Gasteiger partial charge in [0.1, 0.15) is 11.5 Å². The van der Waals surface area contributed by atoms with Crippen molar-refractivity contribution in [3.63, 3.8) is 0 Å². The van der Waals surface area contributed by atoms with Crippen molar-refractivity contribution in [2.75, 3.05) is 0 Å². The van der Waals surface area contributed by atoms with Gasteiger partial charge in [-0.1, -0.05) is 46.4 Å². The highest BCUT2D eigenvalue weighted by Crippen LogP contribution is 2.64. The Balaban J connectivity index is 2.04. The lowest BCUT2D eigenvalue weighted by molar-refractivity contribution is -0.142. The van der Waals surface area contributed by atoms with Gasteiger partial charge in [-0.25, -0.2) is 0 Å². The van der Waals surface area contributed by atoms with Crippen molar-refractivity contribution in [3.8, 4) is 17.2 Å². The molecule has 0 amide bonds. The largest absolute Gasteiger partial charge is 0.506 e. The van der Waals surface area contributed by atoms with Crippen molar-refractivity contribution in [1.29, 1.82) is 0 Å². The molecule has 0 saturated heterocycles. The van der Waals surface area contributed by atoms with E-state index in [1.807, 2.05) is 65.1 Å². The molecule has 2 N–H and O–H groups in total. The Morgan fingerprint density at radius 1 is 0.848 bits per heavy atom. The standard InChI is InChI=1S/C22H11Cl4I3O4/c1-5-6(2)19-7(3-9(5)27)22(8-4-10(28)18(30)17(29)20(8)32-19)12-11(21(31)33-22)13(23)15(25)16(26)14(12)24/h3-4,21,30-31H,1-2H3. The molecule has 2 aliphatic rings. The number of aliphatic hydroxyl groups excluding tert-OH is 1. The average molecular weight is 862 g/mol. The Hall–Kier alpha value is 0.530. The summed E-state index contributed by atoms with van der Waals surface area (Å²) >= 11 is 32.5. The van der Waals surface area contributed by atoms with Gasteiger partial charge in [0.15, 0.2) is 17.6 Å². The molecule has 5 rings (SSSR count). The Bertz CT molecular complexity index is 1350. The predicted molar refractivity (Wildman–Crippen MR) is 155 cm³/mol. The molecule has 0 saturated carbocycles. The van der Waals surface area contributed by atoms with E-state index in [4.69, 9.17) is 55.9 Å². The molecule has 2 heterocycles. The number of ether oxygens (including phenoxy) is 2. The smallest absolute Gasteiger partial charge is 0.185 e. The van der Waals surface area contributed by atoms with Gasteiger partial charge in [-0.15, -0.1) is 0 Å². The van der Waals surface area contributed by atoms with E-state index in [1.165, 1.54) is 0 Å². The van der Waals surface area contributed by atoms with E-state index in [0.29, 0.717) is 35.3 Å². The van der Waals surface area contributed by atoms with E-state index in [2.05, 4.69) is 22.6 Å². The van der Waals surface area contributed by atoms with Crippen LogP contribution in [-0.4, -0.2) is 10.2 Å². The van der Waals surface area contributed by atoms with E-state index >= 15 is 0 Å². The second-order valence-electron chi connectivity index (χ2n) is 7.68. The van der Waals surface area contributed by atoms with E-state index in [0.717, 1.165) is 14.7 Å². The minimum atomic E-state index is -1.43. The first-order chi connectivity index (χ1) is 15.4. The lowest BCUT2D eigenvalue weighted by atomic mass is 9.76. The summed E-state index contributed by atoms with van der Waals surface area (Å²) in [5, 5.41) is 22.1. The normalized spacial score (nSPS) is 20.5. The zero-order chi connectivity index (χ0) is 24.1. The first-order valence-electron chi connectivity index (χ1n) is 9.35. The molecule has 11 heteroatoms.